The van der Waals surface area contributed by atoms with Crippen LogP contribution in [-0.4, -0.2) is 11.8 Å². The molecule has 2 nitrogen and oxygen atoms in total. The third-order valence-corrected chi connectivity index (χ3v) is 3.69. The van der Waals surface area contributed by atoms with Crippen LogP contribution in [0.5, 0.6) is 0 Å². The molecule has 4 rings (SSSR count). The SMILES string of the molecule is CC.CC.CC.CC1=Nc2ccccc2C1.CC1Cc2ccccc2N1. The summed E-state index contributed by atoms with van der Waals surface area (Å²) in [4.78, 5) is 4.37. The number of hydrogen-bond acceptors (Lipinski definition) is 2. The molecule has 1 N–H and O–H groups in total. The van der Waals surface area contributed by atoms with E-state index < -0.39 is 0 Å². The molecule has 2 aliphatic heterocycles. The van der Waals surface area contributed by atoms with Gasteiger partial charge in [0.2, 0.25) is 0 Å². The molecule has 0 aromatic heterocycles. The fourth-order valence-electron chi connectivity index (χ4n) is 2.78. The molecule has 0 bridgehead atoms. The van der Waals surface area contributed by atoms with Crippen LogP contribution in [-0.2, 0) is 12.8 Å². The van der Waals surface area contributed by atoms with Crippen LogP contribution in [0.4, 0.5) is 11.4 Å². The van der Waals surface area contributed by atoms with Crippen LogP contribution >= 0.6 is 0 Å². The molecular weight excluding hydrogens is 316 g/mol. The Bertz CT molecular complexity index is 611. The monoisotopic (exact) mass is 354 g/mol. The van der Waals surface area contributed by atoms with Crippen LogP contribution in [0, 0.1) is 0 Å². The van der Waals surface area contributed by atoms with E-state index in [1.807, 2.05) is 47.6 Å². The molecule has 0 saturated heterocycles. The third kappa shape index (κ3) is 7.43. The lowest BCUT2D eigenvalue weighted by Crippen LogP contribution is -2.08. The molecule has 0 spiro atoms. The summed E-state index contributed by atoms with van der Waals surface area (Å²) in [6, 6.07) is 17.4. The van der Waals surface area contributed by atoms with Crippen molar-refractivity contribution in [3.63, 3.8) is 0 Å². The molecule has 0 saturated carbocycles. The minimum Gasteiger partial charge on any atom is -0.382 e. The van der Waals surface area contributed by atoms with Gasteiger partial charge in [0.15, 0.2) is 0 Å². The Balaban J connectivity index is 0.000000375. The van der Waals surface area contributed by atoms with Crippen molar-refractivity contribution in [1.29, 1.82) is 0 Å². The van der Waals surface area contributed by atoms with E-state index in [0.717, 1.165) is 12.1 Å². The number of nitrogens with zero attached hydrogens (tertiary/aromatic N) is 1. The quantitative estimate of drug-likeness (QED) is 0.521. The summed E-state index contributed by atoms with van der Waals surface area (Å²) in [6.45, 7) is 16.3. The molecule has 0 aliphatic carbocycles. The molecule has 2 heterocycles. The number of hydrogen-bond donors (Lipinski definition) is 1. The highest BCUT2D eigenvalue weighted by Gasteiger charge is 2.14. The molecule has 0 radical (unpaired) electrons. The van der Waals surface area contributed by atoms with Crippen LogP contribution < -0.4 is 5.32 Å². The first-order valence-corrected chi connectivity index (χ1v) is 10.2. The van der Waals surface area contributed by atoms with Gasteiger partial charge in [-0.15, -0.1) is 0 Å². The third-order valence-electron chi connectivity index (χ3n) is 3.69. The minimum atomic E-state index is 0.623. The first-order valence-electron chi connectivity index (χ1n) is 10.2. The topological polar surface area (TPSA) is 24.4 Å². The van der Waals surface area contributed by atoms with E-state index in [2.05, 4.69) is 66.6 Å². The zero-order chi connectivity index (χ0) is 19.9. The van der Waals surface area contributed by atoms with Crippen molar-refractivity contribution in [1.82, 2.24) is 0 Å². The van der Waals surface area contributed by atoms with E-state index in [4.69, 9.17) is 0 Å². The van der Waals surface area contributed by atoms with Crippen molar-refractivity contribution < 1.29 is 0 Å². The van der Waals surface area contributed by atoms with E-state index >= 15 is 0 Å². The van der Waals surface area contributed by atoms with Crippen molar-refractivity contribution in [2.45, 2.75) is 74.3 Å². The maximum atomic E-state index is 4.37. The number of fused-ring (bicyclic) bond motifs is 2. The van der Waals surface area contributed by atoms with Gasteiger partial charge < -0.3 is 5.32 Å². The zero-order valence-corrected chi connectivity index (χ0v) is 18.1. The second-order valence-electron chi connectivity index (χ2n) is 5.56. The smallest absolute Gasteiger partial charge is 0.0664 e. The van der Waals surface area contributed by atoms with Gasteiger partial charge in [0.05, 0.1) is 5.69 Å². The van der Waals surface area contributed by atoms with Crippen LogP contribution in [0.25, 0.3) is 0 Å². The van der Waals surface area contributed by atoms with Gasteiger partial charge in [-0.25, -0.2) is 0 Å². The summed E-state index contributed by atoms with van der Waals surface area (Å²) < 4.78 is 0. The van der Waals surface area contributed by atoms with E-state index in [1.54, 1.807) is 0 Å². The second kappa shape index (κ2) is 14.1. The predicted molar refractivity (Wildman–Crippen MR) is 120 cm³/mol. The van der Waals surface area contributed by atoms with E-state index in [1.165, 1.54) is 28.9 Å². The van der Waals surface area contributed by atoms with Crippen molar-refractivity contribution in [2.75, 3.05) is 5.32 Å². The fourth-order valence-corrected chi connectivity index (χ4v) is 2.78. The number of rotatable bonds is 0. The normalized spacial score (nSPS) is 14.8. The molecule has 1 atom stereocenters. The van der Waals surface area contributed by atoms with Gasteiger partial charge in [0.1, 0.15) is 0 Å². The number of nitrogens with one attached hydrogen (secondary N) is 1. The molecule has 0 amide bonds. The lowest BCUT2D eigenvalue weighted by atomic mass is 10.1. The predicted octanol–water partition coefficient (Wildman–Crippen LogP) is 7.46. The van der Waals surface area contributed by atoms with Crippen LogP contribution in [0.2, 0.25) is 0 Å². The van der Waals surface area contributed by atoms with Gasteiger partial charge in [0.25, 0.3) is 0 Å². The highest BCUT2D eigenvalue weighted by molar-refractivity contribution is 5.91. The lowest BCUT2D eigenvalue weighted by Gasteiger charge is -2.00. The molecule has 2 heteroatoms. The van der Waals surface area contributed by atoms with Gasteiger partial charge in [-0.05, 0) is 43.5 Å². The number of aliphatic imine (C=N–C) groups is 1. The summed E-state index contributed by atoms with van der Waals surface area (Å²) in [5, 5.41) is 3.40. The molecule has 1 unspecified atom stereocenters. The Morgan fingerprint density at radius 2 is 1.35 bits per heavy atom. The standard InChI is InChI=1S/C9H11N.C9H9N.3C2H6/c2*1-7-6-8-4-2-3-5-9(8)10-7;3*1-2/h2-5,7,10H,6H2,1H3;2-5H,6H2,1H3;3*1-2H3. The molecule has 26 heavy (non-hydrogen) atoms. The van der Waals surface area contributed by atoms with E-state index in [0.29, 0.717) is 6.04 Å². The minimum absolute atomic E-state index is 0.623. The Morgan fingerprint density at radius 3 is 1.92 bits per heavy atom. The van der Waals surface area contributed by atoms with E-state index in [9.17, 15) is 0 Å². The largest absolute Gasteiger partial charge is 0.382 e. The van der Waals surface area contributed by atoms with E-state index in [-0.39, 0.29) is 0 Å². The summed E-state index contributed by atoms with van der Waals surface area (Å²) >= 11 is 0. The fraction of sp³-hybridized carbons (Fsp3) is 0.458. The molecule has 2 aromatic rings. The van der Waals surface area contributed by atoms with Gasteiger partial charge in [0, 0.05) is 23.9 Å². The zero-order valence-electron chi connectivity index (χ0n) is 18.1. The number of benzene rings is 2. The van der Waals surface area contributed by atoms with Crippen molar-refractivity contribution >= 4 is 17.1 Å². The summed E-state index contributed by atoms with van der Waals surface area (Å²) in [5.41, 5.74) is 6.51. The number of para-hydroxylation sites is 2. The van der Waals surface area contributed by atoms with Crippen molar-refractivity contribution in [2.24, 2.45) is 4.99 Å². The Hall–Kier alpha value is -2.09. The van der Waals surface area contributed by atoms with Crippen LogP contribution in [0.15, 0.2) is 53.5 Å². The first-order chi connectivity index (χ1) is 12.7. The molecule has 0 fully saturated rings. The molecule has 2 aliphatic rings. The summed E-state index contributed by atoms with van der Waals surface area (Å²) in [5.74, 6) is 0. The number of anilines is 1. The highest BCUT2D eigenvalue weighted by atomic mass is 14.9. The van der Waals surface area contributed by atoms with Crippen molar-refractivity contribution in [3.8, 4) is 0 Å². The van der Waals surface area contributed by atoms with Crippen molar-refractivity contribution in [3.05, 3.63) is 59.7 Å². The average Bonchev–Trinajstić information content (AvgIpc) is 3.27. The van der Waals surface area contributed by atoms with Gasteiger partial charge in [-0.1, -0.05) is 77.9 Å². The van der Waals surface area contributed by atoms with Gasteiger partial charge >= 0.3 is 0 Å². The first kappa shape index (κ1) is 23.9. The maximum absolute atomic E-state index is 4.37. The summed E-state index contributed by atoms with van der Waals surface area (Å²) in [6.07, 6.45) is 2.21. The maximum Gasteiger partial charge on any atom is 0.0664 e. The second-order valence-corrected chi connectivity index (χ2v) is 5.56. The Kier molecular flexibility index (Phi) is 13.0. The molecule has 144 valence electrons. The molecular formula is C24H38N2. The van der Waals surface area contributed by atoms with Gasteiger partial charge in [-0.2, -0.15) is 0 Å². The average molecular weight is 355 g/mol. The highest BCUT2D eigenvalue weighted by Crippen LogP contribution is 2.25. The summed E-state index contributed by atoms with van der Waals surface area (Å²) in [7, 11) is 0. The van der Waals surface area contributed by atoms with Crippen LogP contribution in [0.1, 0.15) is 66.5 Å². The molecule has 2 aromatic carbocycles. The lowest BCUT2D eigenvalue weighted by molar-refractivity contribution is 0.839. The Morgan fingerprint density at radius 1 is 0.808 bits per heavy atom. The van der Waals surface area contributed by atoms with Crippen LogP contribution in [0.3, 0.4) is 0 Å². The van der Waals surface area contributed by atoms with Gasteiger partial charge in [-0.3, -0.25) is 4.99 Å². The Labute approximate surface area is 161 Å².